The van der Waals surface area contributed by atoms with E-state index in [2.05, 4.69) is 45.9 Å². The van der Waals surface area contributed by atoms with E-state index in [1.54, 1.807) is 0 Å². The molecule has 0 radical (unpaired) electrons. The zero-order chi connectivity index (χ0) is 15.2. The molecule has 0 bridgehead atoms. The zero-order valence-corrected chi connectivity index (χ0v) is 15.7. The Hall–Kier alpha value is -0.810. The molecule has 2 saturated heterocycles. The number of hydrogen-bond donors (Lipinski definition) is 2. The molecule has 136 valence electrons. The van der Waals surface area contributed by atoms with Crippen LogP contribution in [0.2, 0.25) is 0 Å². The van der Waals surface area contributed by atoms with Gasteiger partial charge >= 0.3 is 0 Å². The van der Waals surface area contributed by atoms with E-state index in [9.17, 15) is 4.79 Å². The van der Waals surface area contributed by atoms with Crippen LogP contribution in [-0.2, 0) is 11.3 Å². The minimum Gasteiger partial charge on any atom is -0.354 e. The Bertz CT molecular complexity index is 480. The summed E-state index contributed by atoms with van der Waals surface area (Å²) in [5.41, 5.74) is 1.36. The Morgan fingerprint density at radius 2 is 1.96 bits per heavy atom. The number of benzene rings is 1. The minimum absolute atomic E-state index is 0. The number of nitrogens with zero attached hydrogens (tertiary/aromatic N) is 1. The third kappa shape index (κ3) is 6.25. The summed E-state index contributed by atoms with van der Waals surface area (Å²) >= 11 is 0. The number of carbonyl (C=O) groups is 1. The van der Waals surface area contributed by atoms with Gasteiger partial charge in [0.25, 0.3) is 0 Å². The van der Waals surface area contributed by atoms with Gasteiger partial charge in [-0.25, -0.2) is 0 Å². The Balaban J connectivity index is 0.00000144. The summed E-state index contributed by atoms with van der Waals surface area (Å²) in [5, 5.41) is 6.53. The molecular formula is C18H29Cl2N3O. The van der Waals surface area contributed by atoms with E-state index in [0.717, 1.165) is 32.6 Å². The standard InChI is InChI=1S/C18H27N3O.2ClH/c22-18(12-16-8-4-10-19-16)20-13-17-9-5-11-21(17)14-15-6-2-1-3-7-15;;/h1-3,6-7,16-17,19H,4-5,8-14H2,(H,20,22);2*1H. The molecule has 2 unspecified atom stereocenters. The number of carbonyl (C=O) groups excluding carboxylic acids is 1. The first kappa shape index (κ1) is 21.2. The first-order chi connectivity index (χ1) is 10.8. The topological polar surface area (TPSA) is 44.4 Å². The van der Waals surface area contributed by atoms with Gasteiger partial charge in [0.1, 0.15) is 0 Å². The van der Waals surface area contributed by atoms with Crippen molar-refractivity contribution >= 4 is 30.7 Å². The van der Waals surface area contributed by atoms with Crippen molar-refractivity contribution in [3.8, 4) is 0 Å². The summed E-state index contributed by atoms with van der Waals surface area (Å²) in [7, 11) is 0. The van der Waals surface area contributed by atoms with E-state index in [0.29, 0.717) is 18.5 Å². The summed E-state index contributed by atoms with van der Waals surface area (Å²) in [6.45, 7) is 3.98. The SMILES string of the molecule is Cl.Cl.O=C(CC1CCCN1)NCC1CCCN1Cc1ccccc1. The number of likely N-dealkylation sites (tertiary alicyclic amines) is 1. The second kappa shape index (κ2) is 10.9. The van der Waals surface area contributed by atoms with E-state index in [1.165, 1.54) is 24.8 Å². The van der Waals surface area contributed by atoms with E-state index in [-0.39, 0.29) is 30.7 Å². The Kier molecular flexibility index (Phi) is 9.67. The lowest BCUT2D eigenvalue weighted by molar-refractivity contribution is -0.121. The number of nitrogens with one attached hydrogen (secondary N) is 2. The molecule has 2 N–H and O–H groups in total. The Morgan fingerprint density at radius 1 is 1.17 bits per heavy atom. The van der Waals surface area contributed by atoms with Crippen molar-refractivity contribution in [2.45, 2.75) is 50.7 Å². The van der Waals surface area contributed by atoms with Crippen LogP contribution in [0, 0.1) is 0 Å². The molecular weight excluding hydrogens is 345 g/mol. The van der Waals surface area contributed by atoms with Gasteiger partial charge in [0.15, 0.2) is 0 Å². The highest BCUT2D eigenvalue weighted by molar-refractivity contribution is 5.85. The van der Waals surface area contributed by atoms with Crippen molar-refractivity contribution in [3.63, 3.8) is 0 Å². The van der Waals surface area contributed by atoms with Gasteiger partial charge in [-0.15, -0.1) is 24.8 Å². The number of amides is 1. The smallest absolute Gasteiger partial charge is 0.221 e. The third-order valence-corrected chi connectivity index (χ3v) is 4.86. The quantitative estimate of drug-likeness (QED) is 0.805. The fraction of sp³-hybridized carbons (Fsp3) is 0.611. The predicted octanol–water partition coefficient (Wildman–Crippen LogP) is 2.75. The minimum atomic E-state index is 0. The molecule has 2 atom stereocenters. The van der Waals surface area contributed by atoms with Crippen LogP contribution in [0.25, 0.3) is 0 Å². The molecule has 2 aliphatic rings. The van der Waals surface area contributed by atoms with Crippen LogP contribution in [0.1, 0.15) is 37.7 Å². The average molecular weight is 374 g/mol. The normalized spacial score (nSPS) is 23.3. The molecule has 1 aromatic carbocycles. The Labute approximate surface area is 157 Å². The van der Waals surface area contributed by atoms with Crippen LogP contribution in [-0.4, -0.2) is 42.5 Å². The van der Waals surface area contributed by atoms with Gasteiger partial charge in [-0.3, -0.25) is 9.69 Å². The summed E-state index contributed by atoms with van der Waals surface area (Å²) < 4.78 is 0. The maximum Gasteiger partial charge on any atom is 0.221 e. The van der Waals surface area contributed by atoms with E-state index < -0.39 is 0 Å². The van der Waals surface area contributed by atoms with Crippen molar-refractivity contribution in [2.24, 2.45) is 0 Å². The summed E-state index contributed by atoms with van der Waals surface area (Å²) in [6.07, 6.45) is 5.39. The van der Waals surface area contributed by atoms with Crippen LogP contribution < -0.4 is 10.6 Å². The zero-order valence-electron chi connectivity index (χ0n) is 14.1. The van der Waals surface area contributed by atoms with Gasteiger partial charge in [-0.1, -0.05) is 30.3 Å². The predicted molar refractivity (Wildman–Crippen MR) is 103 cm³/mol. The van der Waals surface area contributed by atoms with Gasteiger partial charge in [-0.05, 0) is 44.3 Å². The van der Waals surface area contributed by atoms with Crippen molar-refractivity contribution in [3.05, 3.63) is 35.9 Å². The highest BCUT2D eigenvalue weighted by Crippen LogP contribution is 2.19. The van der Waals surface area contributed by atoms with Crippen LogP contribution >= 0.6 is 24.8 Å². The molecule has 0 aromatic heterocycles. The first-order valence-electron chi connectivity index (χ1n) is 8.59. The van der Waals surface area contributed by atoms with Crippen LogP contribution in [0.5, 0.6) is 0 Å². The first-order valence-corrected chi connectivity index (χ1v) is 8.59. The maximum absolute atomic E-state index is 12.1. The van der Waals surface area contributed by atoms with Gasteiger partial charge in [0.05, 0.1) is 0 Å². The summed E-state index contributed by atoms with van der Waals surface area (Å²) in [5.74, 6) is 0.200. The van der Waals surface area contributed by atoms with Gasteiger partial charge in [0, 0.05) is 31.6 Å². The molecule has 2 heterocycles. The third-order valence-electron chi connectivity index (χ3n) is 4.86. The summed E-state index contributed by atoms with van der Waals surface area (Å²) in [4.78, 5) is 14.6. The van der Waals surface area contributed by atoms with E-state index >= 15 is 0 Å². The van der Waals surface area contributed by atoms with Crippen molar-refractivity contribution in [1.82, 2.24) is 15.5 Å². The van der Waals surface area contributed by atoms with Crippen molar-refractivity contribution in [1.29, 1.82) is 0 Å². The molecule has 0 spiro atoms. The lowest BCUT2D eigenvalue weighted by atomic mass is 10.1. The molecule has 24 heavy (non-hydrogen) atoms. The molecule has 1 amide bonds. The molecule has 0 aliphatic carbocycles. The second-order valence-electron chi connectivity index (χ2n) is 6.55. The lowest BCUT2D eigenvalue weighted by Crippen LogP contribution is -2.41. The lowest BCUT2D eigenvalue weighted by Gasteiger charge is -2.25. The van der Waals surface area contributed by atoms with E-state index in [4.69, 9.17) is 0 Å². The molecule has 6 heteroatoms. The molecule has 1 aromatic rings. The number of hydrogen-bond acceptors (Lipinski definition) is 3. The largest absolute Gasteiger partial charge is 0.354 e. The Morgan fingerprint density at radius 3 is 2.67 bits per heavy atom. The van der Waals surface area contributed by atoms with Crippen LogP contribution in [0.4, 0.5) is 0 Å². The highest BCUT2D eigenvalue weighted by atomic mass is 35.5. The fourth-order valence-electron chi connectivity index (χ4n) is 3.61. The van der Waals surface area contributed by atoms with Gasteiger partial charge < -0.3 is 10.6 Å². The van der Waals surface area contributed by atoms with Crippen molar-refractivity contribution < 1.29 is 4.79 Å². The maximum atomic E-state index is 12.1. The molecule has 2 aliphatic heterocycles. The van der Waals surface area contributed by atoms with Crippen LogP contribution in [0.15, 0.2) is 30.3 Å². The molecule has 3 rings (SSSR count). The second-order valence-corrected chi connectivity index (χ2v) is 6.55. The highest BCUT2D eigenvalue weighted by Gasteiger charge is 2.25. The molecule has 0 saturated carbocycles. The molecule has 2 fully saturated rings. The number of halogens is 2. The van der Waals surface area contributed by atoms with Gasteiger partial charge in [-0.2, -0.15) is 0 Å². The number of rotatable bonds is 6. The van der Waals surface area contributed by atoms with Crippen LogP contribution in [0.3, 0.4) is 0 Å². The van der Waals surface area contributed by atoms with Gasteiger partial charge in [0.2, 0.25) is 5.91 Å². The molecule has 4 nitrogen and oxygen atoms in total. The van der Waals surface area contributed by atoms with Crippen molar-refractivity contribution in [2.75, 3.05) is 19.6 Å². The monoisotopic (exact) mass is 373 g/mol. The average Bonchev–Trinajstić information content (AvgIpc) is 3.18. The van der Waals surface area contributed by atoms with E-state index in [1.807, 2.05) is 0 Å². The summed E-state index contributed by atoms with van der Waals surface area (Å²) in [6, 6.07) is 11.5. The fourth-order valence-corrected chi connectivity index (χ4v) is 3.61.